The van der Waals surface area contributed by atoms with E-state index in [2.05, 4.69) is 16.0 Å². The van der Waals surface area contributed by atoms with Gasteiger partial charge >= 0.3 is 11.9 Å². The summed E-state index contributed by atoms with van der Waals surface area (Å²) in [5.74, 6) is -5.18. The van der Waals surface area contributed by atoms with Crippen LogP contribution in [0.4, 0.5) is 0 Å². The Hall–Kier alpha value is -3.71. The van der Waals surface area contributed by atoms with E-state index in [-0.39, 0.29) is 18.6 Å². The number of phenols is 1. The summed E-state index contributed by atoms with van der Waals surface area (Å²) < 4.78 is 0. The van der Waals surface area contributed by atoms with Crippen LogP contribution in [0.15, 0.2) is 24.3 Å². The maximum atomic E-state index is 12.4. The molecular formula is C20H28N4O9. The zero-order chi connectivity index (χ0) is 25.1. The maximum Gasteiger partial charge on any atom is 0.326 e. The number of carbonyl (C=O) groups is 5. The number of hydrogen-bond acceptors (Lipinski definition) is 8. The number of hydrogen-bond donors (Lipinski definition) is 8. The monoisotopic (exact) mass is 468 g/mol. The number of nitrogens with two attached hydrogens (primary N) is 1. The Kier molecular flexibility index (Phi) is 10.7. The van der Waals surface area contributed by atoms with Crippen LogP contribution in [0, 0.1) is 0 Å². The lowest BCUT2D eigenvalue weighted by Gasteiger charge is -2.23. The molecule has 13 heteroatoms. The number of nitrogens with one attached hydrogen (secondary N) is 3. The molecule has 0 aliphatic heterocycles. The summed E-state index contributed by atoms with van der Waals surface area (Å²) in [7, 11) is 0. The van der Waals surface area contributed by atoms with Gasteiger partial charge in [-0.15, -0.1) is 0 Å². The fraction of sp³-hybridized carbons (Fsp3) is 0.450. The van der Waals surface area contributed by atoms with E-state index >= 15 is 0 Å². The Morgan fingerprint density at radius 1 is 1.00 bits per heavy atom. The largest absolute Gasteiger partial charge is 0.508 e. The molecule has 33 heavy (non-hydrogen) atoms. The third-order valence-corrected chi connectivity index (χ3v) is 4.49. The average Bonchev–Trinajstić information content (AvgIpc) is 2.73. The van der Waals surface area contributed by atoms with Gasteiger partial charge in [-0.05, 0) is 37.5 Å². The number of phenolic OH excluding ortho intramolecular Hbond substituents is 1. The van der Waals surface area contributed by atoms with Gasteiger partial charge in [-0.2, -0.15) is 0 Å². The van der Waals surface area contributed by atoms with E-state index in [1.54, 1.807) is 12.1 Å². The number of aromatic hydroxyl groups is 1. The van der Waals surface area contributed by atoms with Gasteiger partial charge in [-0.25, -0.2) is 4.79 Å². The molecule has 4 atom stereocenters. The number of aliphatic hydroxyl groups is 1. The zero-order valence-corrected chi connectivity index (χ0v) is 17.9. The standard InChI is InChI=1S/C20H28N4O9/c1-10(25)17(24-18(30)13(21)8-11-2-4-12(26)5-3-11)19(31)22-9-15(27)23-14(20(32)33)6-7-16(28)29/h2-5,10,13-14,17,25-26H,6-9,21H2,1H3,(H,22,31)(H,23,27)(H,24,30)(H,28,29)(H,32,33). The van der Waals surface area contributed by atoms with Crippen molar-refractivity contribution in [2.45, 2.75) is 50.4 Å². The van der Waals surface area contributed by atoms with Gasteiger partial charge in [0.25, 0.3) is 0 Å². The minimum atomic E-state index is -1.46. The fourth-order valence-corrected chi connectivity index (χ4v) is 2.69. The SMILES string of the molecule is CC(O)C(NC(=O)C(N)Cc1ccc(O)cc1)C(=O)NCC(=O)NC(CCC(=O)O)C(=O)O. The minimum absolute atomic E-state index is 0.0446. The third-order valence-electron chi connectivity index (χ3n) is 4.49. The average molecular weight is 468 g/mol. The zero-order valence-electron chi connectivity index (χ0n) is 17.9. The first-order valence-electron chi connectivity index (χ1n) is 9.94. The lowest BCUT2D eigenvalue weighted by atomic mass is 10.0. The molecule has 1 aromatic rings. The fourth-order valence-electron chi connectivity index (χ4n) is 2.69. The molecule has 3 amide bonds. The van der Waals surface area contributed by atoms with Gasteiger partial charge in [0.05, 0.1) is 18.7 Å². The van der Waals surface area contributed by atoms with Crippen LogP contribution in [-0.2, 0) is 30.4 Å². The van der Waals surface area contributed by atoms with Crippen molar-refractivity contribution in [3.05, 3.63) is 29.8 Å². The van der Waals surface area contributed by atoms with Crippen molar-refractivity contribution < 1.29 is 44.4 Å². The Balaban J connectivity index is 2.62. The molecule has 0 saturated carbocycles. The number of rotatable bonds is 13. The summed E-state index contributed by atoms with van der Waals surface area (Å²) in [6.07, 6.45) is -2.09. The highest BCUT2D eigenvalue weighted by Gasteiger charge is 2.28. The summed E-state index contributed by atoms with van der Waals surface area (Å²) in [4.78, 5) is 58.3. The van der Waals surface area contributed by atoms with Gasteiger partial charge in [0, 0.05) is 6.42 Å². The quantitative estimate of drug-likeness (QED) is 0.154. The second-order valence-electron chi connectivity index (χ2n) is 7.31. The predicted molar refractivity (Wildman–Crippen MR) is 113 cm³/mol. The first kappa shape index (κ1) is 27.3. The molecule has 4 unspecified atom stereocenters. The molecule has 9 N–H and O–H groups in total. The van der Waals surface area contributed by atoms with E-state index < -0.39 is 66.9 Å². The van der Waals surface area contributed by atoms with Crippen molar-refractivity contribution in [3.8, 4) is 5.75 Å². The molecule has 0 radical (unpaired) electrons. The molecule has 0 fully saturated rings. The molecule has 0 aromatic heterocycles. The lowest BCUT2D eigenvalue weighted by Crippen LogP contribution is -2.57. The summed E-state index contributed by atoms with van der Waals surface area (Å²) in [6, 6.07) is 2.01. The van der Waals surface area contributed by atoms with Crippen molar-refractivity contribution in [2.75, 3.05) is 6.54 Å². The molecule has 1 rings (SSSR count). The van der Waals surface area contributed by atoms with Crippen LogP contribution in [0.25, 0.3) is 0 Å². The van der Waals surface area contributed by atoms with E-state index in [9.17, 15) is 34.2 Å². The highest BCUT2D eigenvalue weighted by molar-refractivity contribution is 5.93. The molecule has 1 aromatic carbocycles. The van der Waals surface area contributed by atoms with Gasteiger partial charge < -0.3 is 42.1 Å². The van der Waals surface area contributed by atoms with Gasteiger partial charge in [0.1, 0.15) is 17.8 Å². The van der Waals surface area contributed by atoms with E-state index in [1.165, 1.54) is 19.1 Å². The van der Waals surface area contributed by atoms with Crippen molar-refractivity contribution >= 4 is 29.7 Å². The summed E-state index contributed by atoms with van der Waals surface area (Å²) >= 11 is 0. The summed E-state index contributed by atoms with van der Waals surface area (Å²) in [6.45, 7) is 0.566. The van der Waals surface area contributed by atoms with E-state index in [0.717, 1.165) is 0 Å². The van der Waals surface area contributed by atoms with Crippen molar-refractivity contribution in [2.24, 2.45) is 5.73 Å². The Labute approximate surface area is 189 Å². The second-order valence-corrected chi connectivity index (χ2v) is 7.31. The number of aliphatic hydroxyl groups excluding tert-OH is 1. The van der Waals surface area contributed by atoms with Crippen LogP contribution >= 0.6 is 0 Å². The summed E-state index contributed by atoms with van der Waals surface area (Å²) in [5, 5.41) is 43.4. The molecular weight excluding hydrogens is 440 g/mol. The van der Waals surface area contributed by atoms with Gasteiger partial charge in [-0.3, -0.25) is 19.2 Å². The van der Waals surface area contributed by atoms with Crippen LogP contribution < -0.4 is 21.7 Å². The molecule has 0 aliphatic carbocycles. The van der Waals surface area contributed by atoms with Crippen LogP contribution in [0.5, 0.6) is 5.75 Å². The first-order chi connectivity index (χ1) is 15.4. The van der Waals surface area contributed by atoms with Gasteiger partial charge in [-0.1, -0.05) is 12.1 Å². The van der Waals surface area contributed by atoms with Crippen LogP contribution in [0.1, 0.15) is 25.3 Å². The Morgan fingerprint density at radius 2 is 1.61 bits per heavy atom. The maximum absolute atomic E-state index is 12.4. The Bertz CT molecular complexity index is 858. The van der Waals surface area contributed by atoms with Crippen molar-refractivity contribution in [3.63, 3.8) is 0 Å². The molecule has 0 saturated heterocycles. The van der Waals surface area contributed by atoms with E-state index in [4.69, 9.17) is 15.9 Å². The van der Waals surface area contributed by atoms with Crippen LogP contribution in [0.3, 0.4) is 0 Å². The number of aliphatic carboxylic acids is 2. The van der Waals surface area contributed by atoms with Gasteiger partial charge in [0.2, 0.25) is 17.7 Å². The van der Waals surface area contributed by atoms with Crippen molar-refractivity contribution in [1.29, 1.82) is 0 Å². The first-order valence-corrected chi connectivity index (χ1v) is 9.94. The molecule has 13 nitrogen and oxygen atoms in total. The van der Waals surface area contributed by atoms with E-state index in [1.807, 2.05) is 0 Å². The number of amides is 3. The summed E-state index contributed by atoms with van der Waals surface area (Å²) in [5.41, 5.74) is 6.50. The number of carbonyl (C=O) groups excluding carboxylic acids is 3. The highest BCUT2D eigenvalue weighted by atomic mass is 16.4. The smallest absolute Gasteiger partial charge is 0.326 e. The molecule has 0 aliphatic rings. The minimum Gasteiger partial charge on any atom is -0.508 e. The van der Waals surface area contributed by atoms with Crippen LogP contribution in [-0.4, -0.2) is 80.9 Å². The Morgan fingerprint density at radius 3 is 2.12 bits per heavy atom. The third kappa shape index (κ3) is 9.97. The topological polar surface area (TPSA) is 228 Å². The predicted octanol–water partition coefficient (Wildman–Crippen LogP) is -2.32. The normalized spacial score (nSPS) is 14.3. The molecule has 0 bridgehead atoms. The molecule has 0 spiro atoms. The van der Waals surface area contributed by atoms with Gasteiger partial charge in [0.15, 0.2) is 0 Å². The molecule has 182 valence electrons. The second kappa shape index (κ2) is 13.0. The highest BCUT2D eigenvalue weighted by Crippen LogP contribution is 2.11. The van der Waals surface area contributed by atoms with Crippen LogP contribution in [0.2, 0.25) is 0 Å². The van der Waals surface area contributed by atoms with E-state index in [0.29, 0.717) is 5.56 Å². The lowest BCUT2D eigenvalue weighted by molar-refractivity contribution is -0.143. The number of carboxylic acids is 2. The molecule has 0 heterocycles. The number of benzene rings is 1. The van der Waals surface area contributed by atoms with Crippen molar-refractivity contribution in [1.82, 2.24) is 16.0 Å². The number of carboxylic acid groups (broad SMARTS) is 2.